The van der Waals surface area contributed by atoms with Gasteiger partial charge >= 0.3 is 18.4 Å². The summed E-state index contributed by atoms with van der Waals surface area (Å²) in [4.78, 5) is 13.9. The molecule has 0 aliphatic carbocycles. The van der Waals surface area contributed by atoms with E-state index in [1.165, 1.54) is 17.9 Å². The molecule has 1 aliphatic heterocycles. The number of hydrogen-bond acceptors (Lipinski definition) is 5. The summed E-state index contributed by atoms with van der Waals surface area (Å²) < 4.78 is 84.2. The number of aliphatic hydroxyl groups excluding tert-OH is 1. The maximum atomic E-state index is 13.1. The van der Waals surface area contributed by atoms with Gasteiger partial charge in [0.1, 0.15) is 11.7 Å². The summed E-state index contributed by atoms with van der Waals surface area (Å²) in [6.07, 6.45) is -11.5. The van der Waals surface area contributed by atoms with Gasteiger partial charge in [0.25, 0.3) is 0 Å². The summed E-state index contributed by atoms with van der Waals surface area (Å²) in [7, 11) is 0. The molecule has 2 heterocycles. The summed E-state index contributed by atoms with van der Waals surface area (Å²) in [5, 5.41) is 18.9. The van der Waals surface area contributed by atoms with Crippen molar-refractivity contribution in [3.63, 3.8) is 0 Å². The number of aromatic nitrogens is 2. The summed E-state index contributed by atoms with van der Waals surface area (Å²) in [6.45, 7) is 7.46. The number of likely N-dealkylation sites (tertiary alicyclic amines) is 1. The van der Waals surface area contributed by atoms with Crippen molar-refractivity contribution in [1.29, 1.82) is 0 Å². The second-order valence-corrected chi connectivity index (χ2v) is 10.2. The molecule has 6 nitrogen and oxygen atoms in total. The highest BCUT2D eigenvalue weighted by Gasteiger charge is 2.35. The second kappa shape index (κ2) is 10.5. The van der Waals surface area contributed by atoms with E-state index < -0.39 is 47.7 Å². The lowest BCUT2D eigenvalue weighted by molar-refractivity contribution is -0.138. The molecule has 1 fully saturated rings. The number of ether oxygens (including phenoxy) is 1. The fourth-order valence-electron chi connectivity index (χ4n) is 4.28. The SMILES string of the molecule is Cc1cc(C(O)C2CCCN(C(=O)OC(C)(C)C)C2)nnc1-c1ccc(C(F)(F)F)cc1CC(F)(F)F. The monoisotopic (exact) mass is 533 g/mol. The zero-order valence-electron chi connectivity index (χ0n) is 20.9. The molecule has 204 valence electrons. The summed E-state index contributed by atoms with van der Waals surface area (Å²) in [5.41, 5.74) is -2.08. The Morgan fingerprint density at radius 3 is 2.38 bits per heavy atom. The fraction of sp³-hybridized carbons (Fsp3) is 0.560. The van der Waals surface area contributed by atoms with Crippen molar-refractivity contribution >= 4 is 6.09 Å². The molecule has 1 saturated heterocycles. The van der Waals surface area contributed by atoms with Crippen LogP contribution in [0.3, 0.4) is 0 Å². The van der Waals surface area contributed by atoms with E-state index in [0.717, 1.165) is 6.07 Å². The third-order valence-electron chi connectivity index (χ3n) is 5.94. The van der Waals surface area contributed by atoms with Crippen LogP contribution in [0.15, 0.2) is 24.3 Å². The third kappa shape index (κ3) is 7.56. The Balaban J connectivity index is 1.87. The van der Waals surface area contributed by atoms with E-state index >= 15 is 0 Å². The van der Waals surface area contributed by atoms with Crippen LogP contribution in [0, 0.1) is 12.8 Å². The lowest BCUT2D eigenvalue weighted by atomic mass is 9.90. The molecule has 37 heavy (non-hydrogen) atoms. The highest BCUT2D eigenvalue weighted by molar-refractivity contribution is 5.68. The molecule has 2 atom stereocenters. The van der Waals surface area contributed by atoms with Gasteiger partial charge in [0.05, 0.1) is 23.4 Å². The third-order valence-corrected chi connectivity index (χ3v) is 5.94. The number of aryl methyl sites for hydroxylation is 1. The number of aliphatic hydroxyl groups is 1. The standard InChI is InChI=1S/C25H29F6N3O3/c1-14-10-19(21(35)15-6-5-9-34(13-15)22(36)37-23(2,3)4)32-33-20(14)18-8-7-17(25(29,30)31)11-16(18)12-24(26,27)28/h7-8,10-11,15,21,35H,5-6,9,12-13H2,1-4H3. The van der Waals surface area contributed by atoms with Crippen LogP contribution in [0.25, 0.3) is 11.3 Å². The molecule has 12 heteroatoms. The molecule has 1 aliphatic rings. The molecule has 2 unspecified atom stereocenters. The number of amides is 1. The van der Waals surface area contributed by atoms with Crippen LogP contribution >= 0.6 is 0 Å². The van der Waals surface area contributed by atoms with Gasteiger partial charge < -0.3 is 14.7 Å². The van der Waals surface area contributed by atoms with Gasteiger partial charge in [0, 0.05) is 24.6 Å². The van der Waals surface area contributed by atoms with Crippen LogP contribution in [-0.2, 0) is 17.3 Å². The van der Waals surface area contributed by atoms with E-state index in [1.807, 2.05) is 0 Å². The number of hydrogen-bond donors (Lipinski definition) is 1. The van der Waals surface area contributed by atoms with E-state index in [1.54, 1.807) is 20.8 Å². The van der Waals surface area contributed by atoms with Crippen LogP contribution in [0.4, 0.5) is 31.1 Å². The van der Waals surface area contributed by atoms with Gasteiger partial charge in [-0.15, -0.1) is 5.10 Å². The summed E-state index contributed by atoms with van der Waals surface area (Å²) >= 11 is 0. The van der Waals surface area contributed by atoms with Crippen molar-refractivity contribution in [2.75, 3.05) is 13.1 Å². The predicted molar refractivity (Wildman–Crippen MR) is 122 cm³/mol. The van der Waals surface area contributed by atoms with Crippen LogP contribution in [-0.4, -0.2) is 51.2 Å². The van der Waals surface area contributed by atoms with Crippen molar-refractivity contribution in [2.45, 2.75) is 71.0 Å². The Morgan fingerprint density at radius 1 is 1.14 bits per heavy atom. The second-order valence-electron chi connectivity index (χ2n) is 10.2. The topological polar surface area (TPSA) is 75.5 Å². The summed E-state index contributed by atoms with van der Waals surface area (Å²) in [5.74, 6) is -0.382. The number of halogens is 6. The first kappa shape index (κ1) is 28.7. The molecule has 0 bridgehead atoms. The van der Waals surface area contributed by atoms with Crippen molar-refractivity contribution in [3.8, 4) is 11.3 Å². The number of rotatable bonds is 4. The first-order valence-corrected chi connectivity index (χ1v) is 11.7. The van der Waals surface area contributed by atoms with Crippen molar-refractivity contribution < 1.29 is 41.0 Å². The zero-order chi connectivity index (χ0) is 27.8. The average molecular weight is 534 g/mol. The molecule has 0 radical (unpaired) electrons. The molecule has 1 aromatic heterocycles. The van der Waals surface area contributed by atoms with Gasteiger partial charge in [-0.2, -0.15) is 31.4 Å². The number of piperidine rings is 1. The Bertz CT molecular complexity index is 1130. The molecular weight excluding hydrogens is 504 g/mol. The van der Waals surface area contributed by atoms with E-state index in [-0.39, 0.29) is 29.4 Å². The number of benzene rings is 1. The van der Waals surface area contributed by atoms with Gasteiger partial charge in [0.15, 0.2) is 0 Å². The van der Waals surface area contributed by atoms with Crippen molar-refractivity contribution in [2.24, 2.45) is 5.92 Å². The van der Waals surface area contributed by atoms with E-state index in [2.05, 4.69) is 10.2 Å². The minimum Gasteiger partial charge on any atom is -0.444 e. The van der Waals surface area contributed by atoms with E-state index in [0.29, 0.717) is 37.1 Å². The number of carbonyl (C=O) groups excluding carboxylic acids is 1. The van der Waals surface area contributed by atoms with Gasteiger partial charge in [-0.25, -0.2) is 4.79 Å². The number of alkyl halides is 6. The molecule has 3 rings (SSSR count). The molecule has 2 aromatic rings. The lowest BCUT2D eigenvalue weighted by Gasteiger charge is -2.35. The zero-order valence-corrected chi connectivity index (χ0v) is 20.9. The van der Waals surface area contributed by atoms with Gasteiger partial charge in [-0.1, -0.05) is 6.07 Å². The molecular formula is C25H29F6N3O3. The maximum Gasteiger partial charge on any atom is 0.416 e. The lowest BCUT2D eigenvalue weighted by Crippen LogP contribution is -2.44. The fourth-order valence-corrected chi connectivity index (χ4v) is 4.28. The van der Waals surface area contributed by atoms with Gasteiger partial charge in [-0.3, -0.25) is 0 Å². The Labute approximate surface area is 210 Å². The van der Waals surface area contributed by atoms with Crippen molar-refractivity contribution in [3.05, 3.63) is 46.6 Å². The summed E-state index contributed by atoms with van der Waals surface area (Å²) in [6, 6.07) is 3.58. The molecule has 1 amide bonds. The molecule has 1 aromatic carbocycles. The normalized spacial score (nSPS) is 18.0. The first-order valence-electron chi connectivity index (χ1n) is 11.7. The average Bonchev–Trinajstić information content (AvgIpc) is 2.76. The van der Waals surface area contributed by atoms with Gasteiger partial charge in [-0.05, 0) is 69.9 Å². The van der Waals surface area contributed by atoms with E-state index in [9.17, 15) is 36.2 Å². The van der Waals surface area contributed by atoms with Crippen LogP contribution in [0.1, 0.15) is 62.1 Å². The van der Waals surface area contributed by atoms with E-state index in [4.69, 9.17) is 4.74 Å². The highest BCUT2D eigenvalue weighted by Crippen LogP contribution is 2.37. The molecule has 1 N–H and O–H groups in total. The first-order chi connectivity index (χ1) is 16.9. The minimum absolute atomic E-state index is 0.0112. The predicted octanol–water partition coefficient (Wildman–Crippen LogP) is 6.26. The van der Waals surface area contributed by atoms with Crippen LogP contribution in [0.5, 0.6) is 0 Å². The molecule has 0 spiro atoms. The largest absolute Gasteiger partial charge is 0.444 e. The minimum atomic E-state index is -4.80. The smallest absolute Gasteiger partial charge is 0.416 e. The van der Waals surface area contributed by atoms with Crippen molar-refractivity contribution in [1.82, 2.24) is 15.1 Å². The molecule has 0 saturated carbocycles. The Kier molecular flexibility index (Phi) is 8.11. The number of carbonyl (C=O) groups is 1. The van der Waals surface area contributed by atoms with Gasteiger partial charge in [0.2, 0.25) is 0 Å². The Hall–Kier alpha value is -2.89. The Morgan fingerprint density at radius 2 is 1.81 bits per heavy atom. The van der Waals surface area contributed by atoms with Crippen LogP contribution in [0.2, 0.25) is 0 Å². The van der Waals surface area contributed by atoms with Crippen LogP contribution < -0.4 is 0 Å². The highest BCUT2D eigenvalue weighted by atomic mass is 19.4. The quantitative estimate of drug-likeness (QED) is 0.470. The maximum absolute atomic E-state index is 13.1. The number of nitrogens with zero attached hydrogens (tertiary/aromatic N) is 3.